The molecule has 0 aliphatic carbocycles. The maximum Gasteiger partial charge on any atom is 0.420 e. The summed E-state index contributed by atoms with van der Waals surface area (Å²) in [5, 5.41) is 9.04. The molecule has 1 saturated heterocycles. The van der Waals surface area contributed by atoms with E-state index in [1.54, 1.807) is 0 Å². The van der Waals surface area contributed by atoms with Crippen molar-refractivity contribution in [3.05, 3.63) is 35.4 Å². The van der Waals surface area contributed by atoms with Gasteiger partial charge in [0.25, 0.3) is 0 Å². The molecular formula is C12H11F2NO5. The lowest BCUT2D eigenvalue weighted by atomic mass is 10.0. The summed E-state index contributed by atoms with van der Waals surface area (Å²) in [6.45, 7) is -0.0703. The minimum absolute atomic E-state index is 0.0703. The van der Waals surface area contributed by atoms with Gasteiger partial charge in [-0.1, -0.05) is 6.07 Å². The molecule has 1 heterocycles. The van der Waals surface area contributed by atoms with Gasteiger partial charge < -0.3 is 14.6 Å². The van der Waals surface area contributed by atoms with E-state index in [4.69, 9.17) is 14.6 Å². The summed E-state index contributed by atoms with van der Waals surface area (Å²) >= 11 is 0. The number of hydrogen-bond acceptors (Lipinski definition) is 4. The molecule has 20 heavy (non-hydrogen) atoms. The van der Waals surface area contributed by atoms with Crippen molar-refractivity contribution in [1.29, 1.82) is 0 Å². The summed E-state index contributed by atoms with van der Waals surface area (Å²) in [4.78, 5) is 23.1. The Bertz CT molecular complexity index is 551. The van der Waals surface area contributed by atoms with Crippen LogP contribution in [0.15, 0.2) is 18.2 Å². The van der Waals surface area contributed by atoms with Gasteiger partial charge in [0.05, 0.1) is 6.61 Å². The van der Waals surface area contributed by atoms with Crippen molar-refractivity contribution in [3.8, 4) is 0 Å². The molecule has 1 aliphatic rings. The lowest BCUT2D eigenvalue weighted by molar-refractivity contribution is 0.0581. The van der Waals surface area contributed by atoms with Crippen LogP contribution in [0.4, 0.5) is 18.4 Å². The van der Waals surface area contributed by atoms with Crippen molar-refractivity contribution >= 4 is 12.2 Å². The first-order chi connectivity index (χ1) is 9.45. The van der Waals surface area contributed by atoms with Gasteiger partial charge in [-0.3, -0.25) is 0 Å². The Kier molecular flexibility index (Phi) is 3.84. The molecule has 0 bridgehead atoms. The number of hydrogen-bond donors (Lipinski definition) is 1. The molecule has 2 atom stereocenters. The highest BCUT2D eigenvalue weighted by molar-refractivity contribution is 5.89. The van der Waals surface area contributed by atoms with Crippen molar-refractivity contribution < 1.29 is 33.0 Å². The average molecular weight is 287 g/mol. The molecule has 1 aliphatic heterocycles. The predicted molar refractivity (Wildman–Crippen MR) is 61.1 cm³/mol. The number of halogens is 2. The Hall–Kier alpha value is -2.22. The number of ether oxygens (including phenoxy) is 2. The van der Waals surface area contributed by atoms with Crippen LogP contribution in [0.2, 0.25) is 0 Å². The van der Waals surface area contributed by atoms with E-state index in [0.717, 1.165) is 12.1 Å². The molecule has 0 radical (unpaired) electrons. The van der Waals surface area contributed by atoms with E-state index >= 15 is 0 Å². The van der Waals surface area contributed by atoms with Crippen LogP contribution in [-0.2, 0) is 9.47 Å². The van der Waals surface area contributed by atoms with Crippen molar-refractivity contribution in [1.82, 2.24) is 4.90 Å². The van der Waals surface area contributed by atoms with Crippen molar-refractivity contribution in [3.63, 3.8) is 0 Å². The predicted octanol–water partition coefficient (Wildman–Crippen LogP) is 2.15. The topological polar surface area (TPSA) is 76.1 Å². The molecule has 0 saturated carbocycles. The highest BCUT2D eigenvalue weighted by Crippen LogP contribution is 2.34. The summed E-state index contributed by atoms with van der Waals surface area (Å²) < 4.78 is 35.9. The van der Waals surface area contributed by atoms with Gasteiger partial charge in [0.15, 0.2) is 17.7 Å². The largest absolute Gasteiger partial charge is 0.465 e. The zero-order valence-electron chi connectivity index (χ0n) is 10.4. The summed E-state index contributed by atoms with van der Waals surface area (Å²) in [5.74, 6) is -2.20. The number of methoxy groups -OCH3 is 1. The van der Waals surface area contributed by atoms with E-state index in [1.165, 1.54) is 13.2 Å². The fourth-order valence-electron chi connectivity index (χ4n) is 2.08. The van der Waals surface area contributed by atoms with Crippen LogP contribution in [0, 0.1) is 11.6 Å². The maximum absolute atomic E-state index is 13.3. The lowest BCUT2D eigenvalue weighted by Gasteiger charge is -2.21. The van der Waals surface area contributed by atoms with Crippen LogP contribution < -0.4 is 0 Å². The molecule has 0 unspecified atom stereocenters. The van der Waals surface area contributed by atoms with Crippen LogP contribution in [0.25, 0.3) is 0 Å². The van der Waals surface area contributed by atoms with Crippen LogP contribution in [-0.4, -0.2) is 42.0 Å². The summed E-state index contributed by atoms with van der Waals surface area (Å²) in [6, 6.07) is 1.80. The Morgan fingerprint density at radius 2 is 2.15 bits per heavy atom. The number of benzene rings is 1. The van der Waals surface area contributed by atoms with E-state index < -0.39 is 36.0 Å². The highest BCUT2D eigenvalue weighted by atomic mass is 19.2. The summed E-state index contributed by atoms with van der Waals surface area (Å²) in [5.41, 5.74) is 0.110. The Morgan fingerprint density at radius 3 is 2.70 bits per heavy atom. The first kappa shape index (κ1) is 14.2. The van der Waals surface area contributed by atoms with Gasteiger partial charge in [-0.05, 0) is 17.7 Å². The minimum atomic E-state index is -1.54. The molecule has 1 N–H and O–H groups in total. The van der Waals surface area contributed by atoms with Gasteiger partial charge in [0.1, 0.15) is 6.04 Å². The lowest BCUT2D eigenvalue weighted by Crippen LogP contribution is -2.35. The Balaban J connectivity index is 2.43. The smallest absolute Gasteiger partial charge is 0.420 e. The second kappa shape index (κ2) is 5.41. The molecule has 1 fully saturated rings. The van der Waals surface area contributed by atoms with E-state index in [2.05, 4.69) is 0 Å². The maximum atomic E-state index is 13.3. The number of rotatable bonds is 3. The SMILES string of the molecule is COC[C@@H]1OC(=O)N(C(=O)O)[C@H]1c1ccc(F)c(F)c1. The van der Waals surface area contributed by atoms with Gasteiger partial charge in [-0.15, -0.1) is 0 Å². The molecule has 0 aromatic heterocycles. The highest BCUT2D eigenvalue weighted by Gasteiger charge is 2.46. The monoisotopic (exact) mass is 287 g/mol. The summed E-state index contributed by atoms with van der Waals surface area (Å²) in [6.07, 6.45) is -3.54. The van der Waals surface area contributed by atoms with Crippen molar-refractivity contribution in [2.75, 3.05) is 13.7 Å². The molecule has 1 aromatic rings. The van der Waals surface area contributed by atoms with Gasteiger partial charge >= 0.3 is 12.2 Å². The quantitative estimate of drug-likeness (QED) is 0.921. The molecular weight excluding hydrogens is 276 g/mol. The van der Waals surface area contributed by atoms with Gasteiger partial charge in [0, 0.05) is 7.11 Å². The Labute approximate surface area is 112 Å². The van der Waals surface area contributed by atoms with Crippen LogP contribution in [0.3, 0.4) is 0 Å². The average Bonchev–Trinajstić information content (AvgIpc) is 2.70. The number of carbonyl (C=O) groups excluding carboxylic acids is 1. The molecule has 6 nitrogen and oxygen atoms in total. The second-order valence-corrected chi connectivity index (χ2v) is 4.15. The fraction of sp³-hybridized carbons (Fsp3) is 0.333. The normalized spacial score (nSPS) is 21.9. The fourth-order valence-corrected chi connectivity index (χ4v) is 2.08. The number of amides is 2. The third-order valence-corrected chi connectivity index (χ3v) is 2.90. The number of cyclic esters (lactones) is 1. The van der Waals surface area contributed by atoms with E-state index in [0.29, 0.717) is 4.90 Å². The third-order valence-electron chi connectivity index (χ3n) is 2.90. The molecule has 2 amide bonds. The van der Waals surface area contributed by atoms with Crippen molar-refractivity contribution in [2.45, 2.75) is 12.1 Å². The minimum Gasteiger partial charge on any atom is -0.465 e. The summed E-state index contributed by atoms with van der Waals surface area (Å²) in [7, 11) is 1.35. The van der Waals surface area contributed by atoms with Crippen molar-refractivity contribution in [2.24, 2.45) is 0 Å². The number of imide groups is 1. The zero-order valence-corrected chi connectivity index (χ0v) is 10.4. The standard InChI is InChI=1S/C12H11F2NO5/c1-19-5-9-10(15(11(16)17)12(18)20-9)6-2-3-7(13)8(14)4-6/h2-4,9-10H,5H2,1H3,(H,16,17)/t9-,10-/m0/s1. The molecule has 0 spiro atoms. The van der Waals surface area contributed by atoms with Gasteiger partial charge in [-0.25, -0.2) is 23.3 Å². The van der Waals surface area contributed by atoms with Crippen LogP contribution >= 0.6 is 0 Å². The number of carboxylic acid groups (broad SMARTS) is 1. The Morgan fingerprint density at radius 1 is 1.45 bits per heavy atom. The van der Waals surface area contributed by atoms with Crippen LogP contribution in [0.5, 0.6) is 0 Å². The second-order valence-electron chi connectivity index (χ2n) is 4.15. The number of nitrogens with zero attached hydrogens (tertiary/aromatic N) is 1. The molecule has 1 aromatic carbocycles. The van der Waals surface area contributed by atoms with Gasteiger partial charge in [-0.2, -0.15) is 0 Å². The molecule has 108 valence electrons. The van der Waals surface area contributed by atoms with E-state index in [9.17, 15) is 18.4 Å². The number of carbonyl (C=O) groups is 2. The van der Waals surface area contributed by atoms with Gasteiger partial charge in [0.2, 0.25) is 0 Å². The molecule has 8 heteroatoms. The van der Waals surface area contributed by atoms with E-state index in [-0.39, 0.29) is 12.2 Å². The van der Waals surface area contributed by atoms with Crippen LogP contribution in [0.1, 0.15) is 11.6 Å². The van der Waals surface area contributed by atoms with E-state index in [1.807, 2.05) is 0 Å². The first-order valence-electron chi connectivity index (χ1n) is 5.62. The first-order valence-corrected chi connectivity index (χ1v) is 5.62. The third kappa shape index (κ3) is 2.42. The molecule has 2 rings (SSSR count). The zero-order chi connectivity index (χ0) is 14.9.